The van der Waals surface area contributed by atoms with Crippen LogP contribution in [0.1, 0.15) is 30.3 Å². The summed E-state index contributed by atoms with van der Waals surface area (Å²) in [6.07, 6.45) is -0.273. The van der Waals surface area contributed by atoms with Crippen LogP contribution in [0, 0.1) is 0 Å². The molecule has 18 heavy (non-hydrogen) atoms. The number of hydrogen-bond acceptors (Lipinski definition) is 5. The quantitative estimate of drug-likeness (QED) is 0.845. The summed E-state index contributed by atoms with van der Waals surface area (Å²) in [6.45, 7) is 3.10. The molecule has 0 bridgehead atoms. The van der Waals surface area contributed by atoms with Crippen molar-refractivity contribution in [2.24, 2.45) is 0 Å². The first-order chi connectivity index (χ1) is 8.85. The first-order valence-corrected chi connectivity index (χ1v) is 5.98. The van der Waals surface area contributed by atoms with Gasteiger partial charge in [-0.25, -0.2) is 0 Å². The minimum atomic E-state index is -0.273. The van der Waals surface area contributed by atoms with Crippen LogP contribution in [0.2, 0.25) is 0 Å². The van der Waals surface area contributed by atoms with Crippen molar-refractivity contribution < 1.29 is 9.26 Å². The third-order valence-corrected chi connectivity index (χ3v) is 2.48. The maximum Gasteiger partial charge on any atom is 0.240 e. The molecular weight excluding hydrogens is 230 g/mol. The predicted molar refractivity (Wildman–Crippen MR) is 67.0 cm³/mol. The Hall–Kier alpha value is -1.72. The van der Waals surface area contributed by atoms with E-state index in [0.717, 1.165) is 5.56 Å². The lowest BCUT2D eigenvalue weighted by molar-refractivity contribution is 0.0833. The smallest absolute Gasteiger partial charge is 0.240 e. The second-order valence-electron chi connectivity index (χ2n) is 3.82. The molecule has 0 saturated heterocycles. The molecule has 0 fully saturated rings. The maximum absolute atomic E-state index is 5.70. The number of nitrogens with one attached hydrogen (secondary N) is 1. The van der Waals surface area contributed by atoms with Gasteiger partial charge in [-0.2, -0.15) is 4.98 Å². The van der Waals surface area contributed by atoms with E-state index in [1.54, 1.807) is 0 Å². The molecule has 0 aliphatic rings. The van der Waals surface area contributed by atoms with Gasteiger partial charge in [0, 0.05) is 6.61 Å². The van der Waals surface area contributed by atoms with Gasteiger partial charge in [-0.3, -0.25) is 0 Å². The van der Waals surface area contributed by atoms with E-state index in [2.05, 4.69) is 15.5 Å². The van der Waals surface area contributed by atoms with Crippen LogP contribution in [0.5, 0.6) is 0 Å². The van der Waals surface area contributed by atoms with Crippen LogP contribution in [-0.4, -0.2) is 23.8 Å². The van der Waals surface area contributed by atoms with Crippen LogP contribution in [-0.2, 0) is 11.3 Å². The van der Waals surface area contributed by atoms with Crippen molar-refractivity contribution in [3.8, 4) is 0 Å². The number of hydrogen-bond donors (Lipinski definition) is 1. The average molecular weight is 247 g/mol. The Labute approximate surface area is 106 Å². The molecule has 1 aromatic carbocycles. The lowest BCUT2D eigenvalue weighted by Gasteiger charge is -2.13. The number of ether oxygens (including phenoxy) is 1. The number of nitrogens with zero attached hydrogens (tertiary/aromatic N) is 2. The topological polar surface area (TPSA) is 60.2 Å². The SMILES string of the molecule is CCOC(c1ccccc1)c1noc(CNC)n1. The molecular formula is C13H17N3O2. The minimum absolute atomic E-state index is 0.273. The van der Waals surface area contributed by atoms with Crippen molar-refractivity contribution in [3.63, 3.8) is 0 Å². The van der Waals surface area contributed by atoms with Gasteiger partial charge in [0.2, 0.25) is 11.7 Å². The molecule has 0 aliphatic heterocycles. The zero-order valence-electron chi connectivity index (χ0n) is 10.6. The van der Waals surface area contributed by atoms with Gasteiger partial charge in [-0.05, 0) is 19.5 Å². The van der Waals surface area contributed by atoms with Gasteiger partial charge in [0.25, 0.3) is 0 Å². The fraction of sp³-hybridized carbons (Fsp3) is 0.385. The first kappa shape index (κ1) is 12.7. The van der Waals surface area contributed by atoms with Crippen molar-refractivity contribution in [1.29, 1.82) is 0 Å². The van der Waals surface area contributed by atoms with Gasteiger partial charge in [0.05, 0.1) is 6.54 Å². The highest BCUT2D eigenvalue weighted by atomic mass is 16.5. The van der Waals surface area contributed by atoms with Crippen molar-refractivity contribution in [1.82, 2.24) is 15.5 Å². The molecule has 1 atom stereocenters. The van der Waals surface area contributed by atoms with E-state index >= 15 is 0 Å². The molecule has 1 heterocycles. The Morgan fingerprint density at radius 1 is 1.33 bits per heavy atom. The Morgan fingerprint density at radius 2 is 2.11 bits per heavy atom. The molecule has 0 spiro atoms. The number of rotatable bonds is 6. The summed E-state index contributed by atoms with van der Waals surface area (Å²) in [5.41, 5.74) is 1.02. The van der Waals surface area contributed by atoms with Crippen molar-refractivity contribution in [3.05, 3.63) is 47.6 Å². The van der Waals surface area contributed by atoms with Crippen LogP contribution in [0.15, 0.2) is 34.9 Å². The first-order valence-electron chi connectivity index (χ1n) is 5.98. The summed E-state index contributed by atoms with van der Waals surface area (Å²) in [6, 6.07) is 9.89. The minimum Gasteiger partial charge on any atom is -0.366 e. The summed E-state index contributed by atoms with van der Waals surface area (Å²) in [5, 5.41) is 6.95. The van der Waals surface area contributed by atoms with Gasteiger partial charge in [-0.1, -0.05) is 35.5 Å². The van der Waals surface area contributed by atoms with Crippen LogP contribution in [0.4, 0.5) is 0 Å². The normalized spacial score (nSPS) is 12.6. The van der Waals surface area contributed by atoms with Gasteiger partial charge in [0.15, 0.2) is 0 Å². The molecule has 2 rings (SSSR count). The second-order valence-corrected chi connectivity index (χ2v) is 3.82. The monoisotopic (exact) mass is 247 g/mol. The zero-order chi connectivity index (χ0) is 12.8. The summed E-state index contributed by atoms with van der Waals surface area (Å²) < 4.78 is 10.9. The summed E-state index contributed by atoms with van der Waals surface area (Å²) >= 11 is 0. The molecule has 1 N–H and O–H groups in total. The average Bonchev–Trinajstić information content (AvgIpc) is 2.86. The third-order valence-electron chi connectivity index (χ3n) is 2.48. The van der Waals surface area contributed by atoms with Crippen LogP contribution in [0.3, 0.4) is 0 Å². The standard InChI is InChI=1S/C13H17N3O2/c1-3-17-12(10-7-5-4-6-8-10)13-15-11(9-14-2)18-16-13/h4-8,12,14H,3,9H2,1-2H3. The predicted octanol–water partition coefficient (Wildman–Crippen LogP) is 1.91. The molecule has 96 valence electrons. The van der Waals surface area contributed by atoms with Crippen molar-refractivity contribution >= 4 is 0 Å². The van der Waals surface area contributed by atoms with E-state index in [0.29, 0.717) is 24.9 Å². The maximum atomic E-state index is 5.70. The van der Waals surface area contributed by atoms with E-state index in [-0.39, 0.29) is 6.10 Å². The van der Waals surface area contributed by atoms with Crippen molar-refractivity contribution in [2.75, 3.05) is 13.7 Å². The highest BCUT2D eigenvalue weighted by molar-refractivity contribution is 5.22. The van der Waals surface area contributed by atoms with Crippen molar-refractivity contribution in [2.45, 2.75) is 19.6 Å². The molecule has 0 aliphatic carbocycles. The lowest BCUT2D eigenvalue weighted by Crippen LogP contribution is -2.09. The molecule has 1 unspecified atom stereocenters. The largest absolute Gasteiger partial charge is 0.366 e. The lowest BCUT2D eigenvalue weighted by atomic mass is 10.1. The number of aromatic nitrogens is 2. The van der Waals surface area contributed by atoms with E-state index in [1.165, 1.54) is 0 Å². The van der Waals surface area contributed by atoms with Crippen LogP contribution >= 0.6 is 0 Å². The molecule has 1 aromatic heterocycles. The Kier molecular flexibility index (Phi) is 4.44. The Morgan fingerprint density at radius 3 is 2.78 bits per heavy atom. The molecule has 2 aromatic rings. The van der Waals surface area contributed by atoms with Gasteiger partial charge < -0.3 is 14.6 Å². The van der Waals surface area contributed by atoms with Crippen LogP contribution < -0.4 is 5.32 Å². The fourth-order valence-corrected chi connectivity index (χ4v) is 1.71. The Bertz CT molecular complexity index is 470. The highest BCUT2D eigenvalue weighted by Crippen LogP contribution is 2.23. The second kappa shape index (κ2) is 6.28. The molecule has 0 amide bonds. The molecule has 0 saturated carbocycles. The summed E-state index contributed by atoms with van der Waals surface area (Å²) in [5.74, 6) is 1.13. The fourth-order valence-electron chi connectivity index (χ4n) is 1.71. The van der Waals surface area contributed by atoms with Gasteiger partial charge in [0.1, 0.15) is 6.10 Å². The van der Waals surface area contributed by atoms with E-state index in [9.17, 15) is 0 Å². The molecule has 5 nitrogen and oxygen atoms in total. The molecule has 5 heteroatoms. The number of benzene rings is 1. The third kappa shape index (κ3) is 2.94. The molecule has 0 radical (unpaired) electrons. The van der Waals surface area contributed by atoms with E-state index < -0.39 is 0 Å². The Balaban J connectivity index is 2.23. The van der Waals surface area contributed by atoms with E-state index in [4.69, 9.17) is 9.26 Å². The van der Waals surface area contributed by atoms with Gasteiger partial charge >= 0.3 is 0 Å². The summed E-state index contributed by atoms with van der Waals surface area (Å²) in [4.78, 5) is 4.33. The van der Waals surface area contributed by atoms with E-state index in [1.807, 2.05) is 44.3 Å². The van der Waals surface area contributed by atoms with Gasteiger partial charge in [-0.15, -0.1) is 0 Å². The zero-order valence-corrected chi connectivity index (χ0v) is 10.6. The van der Waals surface area contributed by atoms with Crippen LogP contribution in [0.25, 0.3) is 0 Å². The highest BCUT2D eigenvalue weighted by Gasteiger charge is 2.20. The summed E-state index contributed by atoms with van der Waals surface area (Å²) in [7, 11) is 1.83.